The van der Waals surface area contributed by atoms with Gasteiger partial charge in [-0.2, -0.15) is 0 Å². The number of anilines is 1. The maximum absolute atomic E-state index is 15.5. The van der Waals surface area contributed by atoms with Crippen molar-refractivity contribution in [3.8, 4) is 5.88 Å². The first-order valence-corrected chi connectivity index (χ1v) is 9.68. The van der Waals surface area contributed by atoms with Crippen molar-refractivity contribution in [2.75, 3.05) is 31.7 Å². The lowest BCUT2D eigenvalue weighted by molar-refractivity contribution is 0.00905. The maximum atomic E-state index is 15.5. The molecule has 172 valence electrons. The Kier molecular flexibility index (Phi) is 6.79. The lowest BCUT2D eigenvalue weighted by atomic mass is 9.78. The first-order valence-electron chi connectivity index (χ1n) is 9.68. The number of halogens is 3. The zero-order valence-corrected chi connectivity index (χ0v) is 18.0. The first-order chi connectivity index (χ1) is 14.9. The molecule has 1 amide bonds. The van der Waals surface area contributed by atoms with Crippen molar-refractivity contribution < 1.29 is 27.8 Å². The van der Waals surface area contributed by atoms with Crippen LogP contribution in [0.25, 0.3) is 0 Å². The number of benzene rings is 1. The number of nitrogens with two attached hydrogens (primary N) is 1. The fourth-order valence-electron chi connectivity index (χ4n) is 3.52. The monoisotopic (exact) mass is 469 g/mol. The predicted octanol–water partition coefficient (Wildman–Crippen LogP) is 2.36. The van der Waals surface area contributed by atoms with E-state index in [0.717, 1.165) is 12.5 Å². The van der Waals surface area contributed by atoms with Crippen molar-refractivity contribution >= 4 is 30.0 Å². The van der Waals surface area contributed by atoms with Gasteiger partial charge in [0.2, 0.25) is 5.88 Å². The van der Waals surface area contributed by atoms with Crippen LogP contribution in [0.15, 0.2) is 35.6 Å². The molecular formula is C20H22ClF2N5O4. The van der Waals surface area contributed by atoms with Gasteiger partial charge < -0.3 is 25.3 Å². The van der Waals surface area contributed by atoms with Gasteiger partial charge in [-0.3, -0.25) is 4.79 Å². The number of nitrogens with zero attached hydrogens (tertiary/aromatic N) is 3. The van der Waals surface area contributed by atoms with E-state index in [4.69, 9.17) is 19.9 Å². The molecule has 3 heterocycles. The molecule has 2 aromatic rings. The quantitative estimate of drug-likeness (QED) is 0.666. The van der Waals surface area contributed by atoms with Gasteiger partial charge in [-0.1, -0.05) is 6.92 Å². The standard InChI is InChI=1S/C20H21F2N5O4.ClH/c1-2-5-30-16-8-24-15(7-25-16)17(28)26-12-3-4-14(21)13(6-12)20-11-29-9-19(20,22)10-31-18(23)27-20;/h3-4,6-8H,2,5,9-11H2,1H3,(H2,23,27)(H,26,28);1H/t19-,20-;/m1./s1. The van der Waals surface area contributed by atoms with Crippen molar-refractivity contribution in [3.63, 3.8) is 0 Å². The van der Waals surface area contributed by atoms with Crippen LogP contribution in [0.3, 0.4) is 0 Å². The topological polar surface area (TPSA) is 121 Å². The third kappa shape index (κ3) is 4.17. The fourth-order valence-corrected chi connectivity index (χ4v) is 3.52. The fraction of sp³-hybridized carbons (Fsp3) is 0.400. The largest absolute Gasteiger partial charge is 0.477 e. The number of hydrogen-bond acceptors (Lipinski definition) is 8. The average molecular weight is 470 g/mol. The maximum Gasteiger partial charge on any atom is 0.283 e. The number of amidine groups is 1. The van der Waals surface area contributed by atoms with Crippen LogP contribution in [0.4, 0.5) is 14.5 Å². The zero-order chi connectivity index (χ0) is 22.1. The number of ether oxygens (including phenoxy) is 3. The second kappa shape index (κ2) is 9.21. The van der Waals surface area contributed by atoms with Gasteiger partial charge in [0.15, 0.2) is 11.2 Å². The van der Waals surface area contributed by atoms with E-state index < -0.39 is 29.5 Å². The van der Waals surface area contributed by atoms with E-state index in [0.29, 0.717) is 12.5 Å². The molecule has 2 atom stereocenters. The van der Waals surface area contributed by atoms with Crippen LogP contribution in [0.5, 0.6) is 5.88 Å². The predicted molar refractivity (Wildman–Crippen MR) is 113 cm³/mol. The summed E-state index contributed by atoms with van der Waals surface area (Å²) in [7, 11) is 0. The van der Waals surface area contributed by atoms with Crippen LogP contribution in [-0.4, -0.2) is 54.0 Å². The Balaban J connectivity index is 0.00000289. The van der Waals surface area contributed by atoms with Gasteiger partial charge in [0, 0.05) is 11.3 Å². The molecule has 1 aromatic carbocycles. The molecule has 3 N–H and O–H groups in total. The van der Waals surface area contributed by atoms with Crippen LogP contribution in [0.1, 0.15) is 29.4 Å². The minimum Gasteiger partial charge on any atom is -0.477 e. The molecule has 1 aromatic heterocycles. The molecular weight excluding hydrogens is 448 g/mol. The van der Waals surface area contributed by atoms with Gasteiger partial charge in [0.25, 0.3) is 11.9 Å². The van der Waals surface area contributed by atoms with E-state index in [-0.39, 0.29) is 48.6 Å². The molecule has 0 saturated carbocycles. The highest BCUT2D eigenvalue weighted by atomic mass is 35.5. The molecule has 4 rings (SSSR count). The van der Waals surface area contributed by atoms with Gasteiger partial charge in [-0.15, -0.1) is 12.4 Å². The van der Waals surface area contributed by atoms with E-state index in [9.17, 15) is 9.18 Å². The summed E-state index contributed by atoms with van der Waals surface area (Å²) in [4.78, 5) is 24.7. The number of carbonyl (C=O) groups is 1. The molecule has 12 heteroatoms. The van der Waals surface area contributed by atoms with Gasteiger partial charge >= 0.3 is 0 Å². The number of carbonyl (C=O) groups excluding carboxylic acids is 1. The highest BCUT2D eigenvalue weighted by Gasteiger charge is 2.62. The molecule has 2 aliphatic rings. The Morgan fingerprint density at radius 1 is 1.28 bits per heavy atom. The molecule has 1 fully saturated rings. The normalized spacial score (nSPS) is 23.9. The summed E-state index contributed by atoms with van der Waals surface area (Å²) in [5, 5.41) is 2.60. The summed E-state index contributed by atoms with van der Waals surface area (Å²) in [5.41, 5.74) is 2.00. The second-order valence-electron chi connectivity index (χ2n) is 7.29. The van der Waals surface area contributed by atoms with Crippen molar-refractivity contribution in [2.45, 2.75) is 24.6 Å². The SMILES string of the molecule is CCCOc1cnc(C(=O)Nc2ccc(F)c([C@]34COC[C@@]3(F)COC(N)=N4)c2)cn1.Cl. The first kappa shape index (κ1) is 23.6. The van der Waals surface area contributed by atoms with Crippen LogP contribution in [0, 0.1) is 5.82 Å². The Morgan fingerprint density at radius 2 is 2.09 bits per heavy atom. The Morgan fingerprint density at radius 3 is 2.81 bits per heavy atom. The minimum absolute atomic E-state index is 0. The third-order valence-corrected chi connectivity index (χ3v) is 5.12. The number of nitrogens with one attached hydrogen (secondary N) is 1. The smallest absolute Gasteiger partial charge is 0.283 e. The number of rotatable bonds is 6. The van der Waals surface area contributed by atoms with Crippen LogP contribution in [-0.2, 0) is 15.0 Å². The molecule has 2 aliphatic heterocycles. The highest BCUT2D eigenvalue weighted by Crippen LogP contribution is 2.48. The van der Waals surface area contributed by atoms with Crippen LogP contribution in [0.2, 0.25) is 0 Å². The lowest BCUT2D eigenvalue weighted by Crippen LogP contribution is -2.55. The number of aliphatic imine (C=N–C) groups is 1. The van der Waals surface area contributed by atoms with Gasteiger partial charge in [0.1, 0.15) is 18.1 Å². The molecule has 9 nitrogen and oxygen atoms in total. The van der Waals surface area contributed by atoms with Crippen molar-refractivity contribution in [1.29, 1.82) is 0 Å². The summed E-state index contributed by atoms with van der Waals surface area (Å²) in [6, 6.07) is 3.52. The van der Waals surface area contributed by atoms with Crippen molar-refractivity contribution in [2.24, 2.45) is 10.7 Å². The molecule has 0 radical (unpaired) electrons. The van der Waals surface area contributed by atoms with Gasteiger partial charge in [0.05, 0.1) is 32.2 Å². The van der Waals surface area contributed by atoms with E-state index >= 15 is 4.39 Å². The van der Waals surface area contributed by atoms with E-state index in [1.165, 1.54) is 24.5 Å². The number of aromatic nitrogens is 2. The third-order valence-electron chi connectivity index (χ3n) is 5.12. The summed E-state index contributed by atoms with van der Waals surface area (Å²) in [6.45, 7) is 1.49. The molecule has 0 unspecified atom stereocenters. The molecule has 0 bridgehead atoms. The summed E-state index contributed by atoms with van der Waals surface area (Å²) in [5.74, 6) is -0.980. The summed E-state index contributed by atoms with van der Waals surface area (Å²) >= 11 is 0. The Labute approximate surface area is 188 Å². The number of hydrogen-bond donors (Lipinski definition) is 2. The number of alkyl halides is 1. The van der Waals surface area contributed by atoms with Crippen molar-refractivity contribution in [3.05, 3.63) is 47.7 Å². The highest BCUT2D eigenvalue weighted by molar-refractivity contribution is 6.02. The van der Waals surface area contributed by atoms with Gasteiger partial charge in [-0.25, -0.2) is 23.7 Å². The molecule has 0 spiro atoms. The average Bonchev–Trinajstić information content (AvgIpc) is 3.11. The van der Waals surface area contributed by atoms with E-state index in [2.05, 4.69) is 20.3 Å². The summed E-state index contributed by atoms with van der Waals surface area (Å²) < 4.78 is 46.0. The minimum atomic E-state index is -2.10. The van der Waals surface area contributed by atoms with E-state index in [1.807, 2.05) is 6.92 Å². The molecule has 32 heavy (non-hydrogen) atoms. The van der Waals surface area contributed by atoms with E-state index in [1.54, 1.807) is 0 Å². The van der Waals surface area contributed by atoms with Crippen LogP contribution < -0.4 is 15.8 Å². The number of amides is 1. The Bertz CT molecular complexity index is 1030. The van der Waals surface area contributed by atoms with Crippen LogP contribution >= 0.6 is 12.4 Å². The van der Waals surface area contributed by atoms with Gasteiger partial charge in [-0.05, 0) is 24.6 Å². The van der Waals surface area contributed by atoms with Crippen molar-refractivity contribution in [1.82, 2.24) is 9.97 Å². The molecule has 1 saturated heterocycles. The Hall–Kier alpha value is -3.05. The molecule has 0 aliphatic carbocycles. The summed E-state index contributed by atoms with van der Waals surface area (Å²) in [6.07, 6.45) is 3.42. The number of fused-ring (bicyclic) bond motifs is 1. The zero-order valence-electron chi connectivity index (χ0n) is 17.1. The second-order valence-corrected chi connectivity index (χ2v) is 7.29. The lowest BCUT2D eigenvalue weighted by Gasteiger charge is -2.38.